The van der Waals surface area contributed by atoms with Crippen LogP contribution in [-0.2, 0) is 0 Å². The number of nitrogens with one attached hydrogen (secondary N) is 1. The molecule has 0 fully saturated rings. The van der Waals surface area contributed by atoms with Gasteiger partial charge in [0, 0.05) is 0 Å². The molecule has 0 heterocycles. The predicted molar refractivity (Wildman–Crippen MR) is 70.8 cm³/mol. The summed E-state index contributed by atoms with van der Waals surface area (Å²) < 4.78 is 26.5. The molecule has 1 N–H and O–H groups in total. The van der Waals surface area contributed by atoms with Crippen LogP contribution < -0.4 is 5.32 Å². The SMILES string of the molecule is N#Cc1c(F)cccc1Nc1c(Cl)cc(F)cc1Cl. The molecule has 96 valence electrons. The molecular formula is C13H6Cl2F2N2. The molecule has 0 aromatic heterocycles. The Hall–Kier alpha value is -1.83. The molecule has 2 aromatic carbocycles. The highest BCUT2D eigenvalue weighted by atomic mass is 35.5. The Labute approximate surface area is 118 Å². The molecular weight excluding hydrogens is 293 g/mol. The van der Waals surface area contributed by atoms with E-state index >= 15 is 0 Å². The lowest BCUT2D eigenvalue weighted by molar-refractivity contribution is 0.624. The minimum Gasteiger partial charge on any atom is -0.352 e. The summed E-state index contributed by atoms with van der Waals surface area (Å²) in [5, 5.41) is 11.7. The van der Waals surface area contributed by atoms with Gasteiger partial charge in [-0.1, -0.05) is 29.3 Å². The van der Waals surface area contributed by atoms with E-state index in [4.69, 9.17) is 28.5 Å². The number of hydrogen-bond acceptors (Lipinski definition) is 2. The maximum absolute atomic E-state index is 13.4. The summed E-state index contributed by atoms with van der Waals surface area (Å²) >= 11 is 11.7. The summed E-state index contributed by atoms with van der Waals surface area (Å²) in [5.74, 6) is -1.25. The number of nitriles is 1. The number of hydrogen-bond donors (Lipinski definition) is 1. The van der Waals surface area contributed by atoms with Crippen molar-refractivity contribution >= 4 is 34.6 Å². The monoisotopic (exact) mass is 298 g/mol. The van der Waals surface area contributed by atoms with Gasteiger partial charge in [-0.2, -0.15) is 5.26 Å². The molecule has 0 bridgehead atoms. The lowest BCUT2D eigenvalue weighted by Gasteiger charge is -2.12. The molecule has 6 heteroatoms. The van der Waals surface area contributed by atoms with E-state index in [9.17, 15) is 8.78 Å². The largest absolute Gasteiger partial charge is 0.352 e. The molecule has 0 amide bonds. The molecule has 0 aliphatic heterocycles. The Morgan fingerprint density at radius 2 is 1.74 bits per heavy atom. The van der Waals surface area contributed by atoms with Crippen molar-refractivity contribution in [3.05, 3.63) is 57.6 Å². The average molecular weight is 299 g/mol. The van der Waals surface area contributed by atoms with E-state index in [0.717, 1.165) is 18.2 Å². The van der Waals surface area contributed by atoms with Crippen LogP contribution in [-0.4, -0.2) is 0 Å². The first kappa shape index (κ1) is 13.6. The van der Waals surface area contributed by atoms with E-state index in [1.165, 1.54) is 12.1 Å². The second-order valence-electron chi connectivity index (χ2n) is 3.64. The standard InChI is InChI=1S/C13H6Cl2F2N2/c14-9-4-7(16)5-10(15)13(9)19-12-3-1-2-11(17)8(12)6-18/h1-5,19H. The van der Waals surface area contributed by atoms with Crippen LogP contribution in [0.1, 0.15) is 5.56 Å². The van der Waals surface area contributed by atoms with Gasteiger partial charge in [0.15, 0.2) is 0 Å². The fourth-order valence-electron chi connectivity index (χ4n) is 1.54. The van der Waals surface area contributed by atoms with Crippen molar-refractivity contribution in [3.63, 3.8) is 0 Å². The van der Waals surface area contributed by atoms with Crippen molar-refractivity contribution in [2.24, 2.45) is 0 Å². The van der Waals surface area contributed by atoms with Gasteiger partial charge in [-0.05, 0) is 24.3 Å². The number of benzene rings is 2. The smallest absolute Gasteiger partial charge is 0.143 e. The summed E-state index contributed by atoms with van der Waals surface area (Å²) in [6.07, 6.45) is 0. The van der Waals surface area contributed by atoms with E-state index in [-0.39, 0.29) is 27.0 Å². The Morgan fingerprint density at radius 3 is 2.32 bits per heavy atom. The first-order chi connectivity index (χ1) is 9.02. The van der Waals surface area contributed by atoms with Gasteiger partial charge >= 0.3 is 0 Å². The van der Waals surface area contributed by atoms with Gasteiger partial charge in [-0.25, -0.2) is 8.78 Å². The van der Waals surface area contributed by atoms with Gasteiger partial charge in [-0.3, -0.25) is 0 Å². The predicted octanol–water partition coefficient (Wildman–Crippen LogP) is 4.89. The van der Waals surface area contributed by atoms with Crippen molar-refractivity contribution < 1.29 is 8.78 Å². The Morgan fingerprint density at radius 1 is 1.11 bits per heavy atom. The van der Waals surface area contributed by atoms with Crippen molar-refractivity contribution in [2.75, 3.05) is 5.32 Å². The molecule has 0 saturated carbocycles. The van der Waals surface area contributed by atoms with Gasteiger partial charge in [-0.15, -0.1) is 0 Å². The van der Waals surface area contributed by atoms with Crippen LogP contribution >= 0.6 is 23.2 Å². The van der Waals surface area contributed by atoms with Crippen LogP contribution in [0, 0.1) is 23.0 Å². The fraction of sp³-hybridized carbons (Fsp3) is 0. The Balaban J connectivity index is 2.49. The Kier molecular flexibility index (Phi) is 3.89. The van der Waals surface area contributed by atoms with Gasteiger partial charge in [0.25, 0.3) is 0 Å². The van der Waals surface area contributed by atoms with E-state index in [1.807, 2.05) is 0 Å². The van der Waals surface area contributed by atoms with Gasteiger partial charge in [0.2, 0.25) is 0 Å². The molecule has 0 unspecified atom stereocenters. The molecule has 2 nitrogen and oxygen atoms in total. The van der Waals surface area contributed by atoms with Crippen molar-refractivity contribution in [1.29, 1.82) is 5.26 Å². The lowest BCUT2D eigenvalue weighted by Crippen LogP contribution is -1.98. The van der Waals surface area contributed by atoms with Crippen LogP contribution in [0.4, 0.5) is 20.2 Å². The molecule has 0 radical (unpaired) electrons. The number of halogens is 4. The third kappa shape index (κ3) is 2.78. The summed E-state index contributed by atoms with van der Waals surface area (Å²) in [6.45, 7) is 0. The molecule has 19 heavy (non-hydrogen) atoms. The number of anilines is 2. The maximum Gasteiger partial charge on any atom is 0.143 e. The van der Waals surface area contributed by atoms with E-state index in [2.05, 4.69) is 5.32 Å². The summed E-state index contributed by atoms with van der Waals surface area (Å²) in [7, 11) is 0. The average Bonchev–Trinajstić information content (AvgIpc) is 2.34. The van der Waals surface area contributed by atoms with Gasteiger partial charge < -0.3 is 5.32 Å². The highest BCUT2D eigenvalue weighted by Crippen LogP contribution is 2.34. The summed E-state index contributed by atoms with van der Waals surface area (Å²) in [6, 6.07) is 7.97. The highest BCUT2D eigenvalue weighted by molar-refractivity contribution is 6.39. The zero-order chi connectivity index (χ0) is 14.0. The first-order valence-electron chi connectivity index (χ1n) is 5.13. The van der Waals surface area contributed by atoms with Gasteiger partial charge in [0.1, 0.15) is 23.3 Å². The minimum atomic E-state index is -0.665. The summed E-state index contributed by atoms with van der Waals surface area (Å²) in [5.41, 5.74) is 0.253. The van der Waals surface area contributed by atoms with E-state index in [0.29, 0.717) is 0 Å². The Bertz CT molecular complexity index is 658. The second kappa shape index (κ2) is 5.43. The minimum absolute atomic E-state index is 0.0400. The number of nitrogens with zero attached hydrogens (tertiary/aromatic N) is 1. The molecule has 0 aliphatic rings. The third-order valence-electron chi connectivity index (χ3n) is 2.39. The highest BCUT2D eigenvalue weighted by Gasteiger charge is 2.13. The molecule has 0 saturated heterocycles. The fourth-order valence-corrected chi connectivity index (χ4v) is 2.09. The summed E-state index contributed by atoms with van der Waals surface area (Å²) in [4.78, 5) is 0. The maximum atomic E-state index is 13.4. The zero-order valence-electron chi connectivity index (χ0n) is 9.35. The molecule has 2 rings (SSSR count). The molecule has 2 aromatic rings. The van der Waals surface area contributed by atoms with Crippen molar-refractivity contribution in [1.82, 2.24) is 0 Å². The second-order valence-corrected chi connectivity index (χ2v) is 4.46. The normalized spacial score (nSPS) is 10.1. The van der Waals surface area contributed by atoms with Crippen molar-refractivity contribution in [3.8, 4) is 6.07 Å². The van der Waals surface area contributed by atoms with Gasteiger partial charge in [0.05, 0.1) is 21.4 Å². The van der Waals surface area contributed by atoms with Crippen LogP contribution in [0.2, 0.25) is 10.0 Å². The lowest BCUT2D eigenvalue weighted by atomic mass is 10.1. The van der Waals surface area contributed by atoms with Crippen molar-refractivity contribution in [2.45, 2.75) is 0 Å². The third-order valence-corrected chi connectivity index (χ3v) is 2.99. The topological polar surface area (TPSA) is 35.8 Å². The van der Waals surface area contributed by atoms with Crippen LogP contribution in [0.5, 0.6) is 0 Å². The molecule has 0 aliphatic carbocycles. The van der Waals surface area contributed by atoms with Crippen LogP contribution in [0.25, 0.3) is 0 Å². The van der Waals surface area contributed by atoms with E-state index < -0.39 is 11.6 Å². The molecule has 0 atom stereocenters. The van der Waals surface area contributed by atoms with Crippen LogP contribution in [0.3, 0.4) is 0 Å². The molecule has 0 spiro atoms. The van der Waals surface area contributed by atoms with Crippen LogP contribution in [0.15, 0.2) is 30.3 Å². The van der Waals surface area contributed by atoms with E-state index in [1.54, 1.807) is 6.07 Å². The first-order valence-corrected chi connectivity index (χ1v) is 5.88. The quantitative estimate of drug-likeness (QED) is 0.857. The number of rotatable bonds is 2. The zero-order valence-corrected chi connectivity index (χ0v) is 10.9.